The van der Waals surface area contributed by atoms with Crippen molar-refractivity contribution in [2.75, 3.05) is 0 Å². The van der Waals surface area contributed by atoms with Gasteiger partial charge in [-0.05, 0) is 128 Å². The van der Waals surface area contributed by atoms with E-state index in [1.54, 1.807) is 18.0 Å². The van der Waals surface area contributed by atoms with Crippen LogP contribution in [0.2, 0.25) is 11.1 Å². The van der Waals surface area contributed by atoms with E-state index >= 15 is 0 Å². The van der Waals surface area contributed by atoms with E-state index in [1.807, 2.05) is 0 Å². The average Bonchev–Trinajstić information content (AvgIpc) is 2.67. The van der Waals surface area contributed by atoms with Crippen molar-refractivity contribution in [3.63, 3.8) is 0 Å². The van der Waals surface area contributed by atoms with Gasteiger partial charge in [0.15, 0.2) is 7.38 Å². The van der Waals surface area contributed by atoms with Crippen LogP contribution in [0.5, 0.6) is 0 Å². The normalized spacial score (nSPS) is 52.8. The van der Waals surface area contributed by atoms with Crippen LogP contribution in [0.4, 0.5) is 0 Å². The highest BCUT2D eigenvalue weighted by Crippen LogP contribution is 2.69. The molecule has 0 heterocycles. The number of hydrogen-bond donors (Lipinski definition) is 0. The second-order valence-electron chi connectivity index (χ2n) is 12.0. The zero-order valence-corrected chi connectivity index (χ0v) is 18.9. The van der Waals surface area contributed by atoms with Gasteiger partial charge in [0.1, 0.15) is 0 Å². The highest BCUT2D eigenvalue weighted by molar-refractivity contribution is 7.29. The maximum Gasteiger partial charge on any atom is 0.194 e. The molecule has 2 heteroatoms. The fourth-order valence-electron chi connectivity index (χ4n) is 10.5. The standard InChI is InChI=1S/C26H35ClSi/c27-28(24-4-2-1-3-5-24,25-20-8-16-6-17(10-20)11-21(25)9-16)26-22-12-18-7-19(14-22)15-23(26)13-18/h1-5,16-23,25-26H,6-15H2. The molecule has 1 aromatic carbocycles. The van der Waals surface area contributed by atoms with Crippen molar-refractivity contribution in [2.24, 2.45) is 47.3 Å². The molecule has 0 N–H and O–H groups in total. The maximum absolute atomic E-state index is 8.29. The van der Waals surface area contributed by atoms with Crippen molar-refractivity contribution >= 4 is 23.6 Å². The molecule has 0 saturated heterocycles. The van der Waals surface area contributed by atoms with Gasteiger partial charge in [-0.3, -0.25) is 0 Å². The molecule has 1 aromatic rings. The summed E-state index contributed by atoms with van der Waals surface area (Å²) in [6.07, 6.45) is 15.3. The van der Waals surface area contributed by atoms with Crippen LogP contribution in [0.1, 0.15) is 64.2 Å². The van der Waals surface area contributed by atoms with Crippen LogP contribution >= 0.6 is 11.1 Å². The lowest BCUT2D eigenvalue weighted by molar-refractivity contribution is 0.00314. The lowest BCUT2D eigenvalue weighted by Crippen LogP contribution is -2.64. The van der Waals surface area contributed by atoms with E-state index in [-0.39, 0.29) is 0 Å². The molecule has 8 bridgehead atoms. The summed E-state index contributed by atoms with van der Waals surface area (Å²) in [7, 11) is -2.06. The van der Waals surface area contributed by atoms with Crippen molar-refractivity contribution in [3.05, 3.63) is 30.3 Å². The largest absolute Gasteiger partial charge is 0.194 e. The zero-order valence-electron chi connectivity index (χ0n) is 17.1. The van der Waals surface area contributed by atoms with Crippen molar-refractivity contribution in [1.29, 1.82) is 0 Å². The smallest absolute Gasteiger partial charge is 0.160 e. The molecule has 0 unspecified atom stereocenters. The molecule has 8 fully saturated rings. The minimum absolute atomic E-state index is 0.881. The van der Waals surface area contributed by atoms with E-state index in [2.05, 4.69) is 30.3 Å². The first-order valence-electron chi connectivity index (χ1n) is 12.4. The third-order valence-electron chi connectivity index (χ3n) is 10.6. The molecule has 0 aliphatic heterocycles. The zero-order chi connectivity index (χ0) is 18.5. The fourth-order valence-corrected chi connectivity index (χ4v) is 18.8. The number of benzene rings is 1. The second kappa shape index (κ2) is 6.13. The first kappa shape index (κ1) is 17.4. The van der Waals surface area contributed by atoms with Crippen LogP contribution in [0.15, 0.2) is 30.3 Å². The molecule has 0 radical (unpaired) electrons. The summed E-state index contributed by atoms with van der Waals surface area (Å²) in [6.45, 7) is 0. The van der Waals surface area contributed by atoms with E-state index in [0.29, 0.717) is 0 Å². The van der Waals surface area contributed by atoms with E-state index in [0.717, 1.165) is 58.4 Å². The number of rotatable bonds is 3. The quantitative estimate of drug-likeness (QED) is 0.382. The minimum Gasteiger partial charge on any atom is -0.160 e. The first-order valence-corrected chi connectivity index (χ1v) is 15.6. The lowest BCUT2D eigenvalue weighted by atomic mass is 9.55. The third kappa shape index (κ3) is 2.36. The Bertz CT molecular complexity index is 659. The van der Waals surface area contributed by atoms with Crippen molar-refractivity contribution < 1.29 is 0 Å². The van der Waals surface area contributed by atoms with Gasteiger partial charge in [0.05, 0.1) is 0 Å². The Balaban J connectivity index is 1.35. The minimum atomic E-state index is -2.06. The molecular weight excluding hydrogens is 376 g/mol. The first-order chi connectivity index (χ1) is 13.7. The average molecular weight is 411 g/mol. The van der Waals surface area contributed by atoms with Gasteiger partial charge >= 0.3 is 0 Å². The molecule has 8 aliphatic rings. The Morgan fingerprint density at radius 2 is 0.893 bits per heavy atom. The van der Waals surface area contributed by atoms with Crippen LogP contribution in [-0.2, 0) is 0 Å². The van der Waals surface area contributed by atoms with Crippen LogP contribution in [0, 0.1) is 47.3 Å². The molecule has 9 rings (SSSR count). The SMILES string of the molecule is Cl[Si](c1ccccc1)(C1C2CC3CC(C2)CC1C3)C1C2CC3CC(C2)CC1C3. The van der Waals surface area contributed by atoms with Gasteiger partial charge in [0.25, 0.3) is 0 Å². The molecular formula is C26H35ClSi. The molecule has 8 saturated carbocycles. The Hall–Kier alpha value is -0.273. The lowest BCUT2D eigenvalue weighted by Gasteiger charge is -2.64. The van der Waals surface area contributed by atoms with E-state index < -0.39 is 7.38 Å². The highest BCUT2D eigenvalue weighted by atomic mass is 35.6. The van der Waals surface area contributed by atoms with E-state index in [1.165, 1.54) is 51.4 Å². The van der Waals surface area contributed by atoms with Crippen molar-refractivity contribution in [1.82, 2.24) is 0 Å². The Morgan fingerprint density at radius 3 is 1.25 bits per heavy atom. The molecule has 28 heavy (non-hydrogen) atoms. The predicted octanol–water partition coefficient (Wildman–Crippen LogP) is 6.73. The van der Waals surface area contributed by atoms with E-state index in [9.17, 15) is 0 Å². The summed E-state index contributed by atoms with van der Waals surface area (Å²) >= 11 is 8.29. The summed E-state index contributed by atoms with van der Waals surface area (Å²) in [4.78, 5) is 0. The van der Waals surface area contributed by atoms with Crippen LogP contribution in [0.25, 0.3) is 0 Å². The van der Waals surface area contributed by atoms with Crippen LogP contribution in [-0.4, -0.2) is 7.38 Å². The van der Waals surface area contributed by atoms with Gasteiger partial charge in [0.2, 0.25) is 0 Å². The Kier molecular flexibility index (Phi) is 3.81. The Morgan fingerprint density at radius 1 is 0.536 bits per heavy atom. The van der Waals surface area contributed by atoms with Crippen molar-refractivity contribution in [3.8, 4) is 0 Å². The van der Waals surface area contributed by atoms with Gasteiger partial charge in [-0.1, -0.05) is 30.3 Å². The molecule has 0 aromatic heterocycles. The summed E-state index contributed by atoms with van der Waals surface area (Å²) < 4.78 is 0. The summed E-state index contributed by atoms with van der Waals surface area (Å²) in [6, 6.07) is 11.7. The second-order valence-corrected chi connectivity index (χ2v) is 17.4. The summed E-state index contributed by atoms with van der Waals surface area (Å²) in [5.74, 6) is 8.11. The van der Waals surface area contributed by atoms with Gasteiger partial charge in [0, 0.05) is 0 Å². The fraction of sp³-hybridized carbons (Fsp3) is 0.769. The molecule has 150 valence electrons. The van der Waals surface area contributed by atoms with Gasteiger partial charge < -0.3 is 0 Å². The van der Waals surface area contributed by atoms with Crippen LogP contribution < -0.4 is 5.19 Å². The van der Waals surface area contributed by atoms with Gasteiger partial charge in [-0.25, -0.2) is 0 Å². The van der Waals surface area contributed by atoms with Crippen LogP contribution in [0.3, 0.4) is 0 Å². The monoisotopic (exact) mass is 410 g/mol. The third-order valence-corrected chi connectivity index (χ3v) is 17.9. The summed E-state index contributed by atoms with van der Waals surface area (Å²) in [5.41, 5.74) is 1.76. The molecule has 0 atom stereocenters. The number of hydrogen-bond acceptors (Lipinski definition) is 0. The Labute approximate surface area is 176 Å². The van der Waals surface area contributed by atoms with E-state index in [4.69, 9.17) is 11.1 Å². The topological polar surface area (TPSA) is 0 Å². The molecule has 0 amide bonds. The molecule has 0 spiro atoms. The van der Waals surface area contributed by atoms with Crippen molar-refractivity contribution in [2.45, 2.75) is 75.3 Å². The van der Waals surface area contributed by atoms with Gasteiger partial charge in [-0.15, -0.1) is 0 Å². The number of halogens is 1. The molecule has 8 aliphatic carbocycles. The molecule has 0 nitrogen and oxygen atoms in total. The summed E-state index contributed by atoms with van der Waals surface area (Å²) in [5, 5.41) is 1.63. The maximum atomic E-state index is 8.29. The highest BCUT2D eigenvalue weighted by Gasteiger charge is 2.64. The van der Waals surface area contributed by atoms with Gasteiger partial charge in [-0.2, -0.15) is 11.1 Å². The predicted molar refractivity (Wildman–Crippen MR) is 119 cm³/mol.